The minimum absolute atomic E-state index is 0.401. The zero-order chi connectivity index (χ0) is 20.8. The van der Waals surface area contributed by atoms with Crippen LogP contribution in [0.2, 0.25) is 0 Å². The molecule has 6 nitrogen and oxygen atoms in total. The first kappa shape index (κ1) is 20.4. The van der Waals surface area contributed by atoms with E-state index in [1.165, 1.54) is 22.3 Å². The zero-order valence-corrected chi connectivity index (χ0v) is 18.8. The molecule has 2 aromatic carbocycles. The van der Waals surface area contributed by atoms with Crippen LogP contribution in [-0.4, -0.2) is 56.1 Å². The Kier molecular flexibility index (Phi) is 5.47. The summed E-state index contributed by atoms with van der Waals surface area (Å²) in [6, 6.07) is 13.0. The lowest BCUT2D eigenvalue weighted by Crippen LogP contribution is -2.39. The molecule has 0 aromatic heterocycles. The van der Waals surface area contributed by atoms with Crippen LogP contribution in [0, 0.1) is 0 Å². The van der Waals surface area contributed by atoms with Gasteiger partial charge in [0.1, 0.15) is 11.5 Å². The number of rotatable bonds is 5. The van der Waals surface area contributed by atoms with Gasteiger partial charge in [-0.25, -0.2) is 13.9 Å². The predicted octanol–water partition coefficient (Wildman–Crippen LogP) is 3.96. The Bertz CT molecular complexity index is 948. The van der Waals surface area contributed by atoms with Crippen molar-refractivity contribution in [1.82, 2.24) is 14.2 Å². The molecule has 1 atom stereocenters. The van der Waals surface area contributed by atoms with Gasteiger partial charge in [0.05, 0.1) is 7.11 Å². The molecule has 29 heavy (non-hydrogen) atoms. The molecule has 0 radical (unpaired) electrons. The third kappa shape index (κ3) is 3.71. The minimum Gasteiger partial charge on any atom is -0.497 e. The van der Waals surface area contributed by atoms with Crippen molar-refractivity contribution in [2.24, 2.45) is 0 Å². The van der Waals surface area contributed by atoms with Gasteiger partial charge in [0.25, 0.3) is 0 Å². The lowest BCUT2D eigenvalue weighted by Gasteiger charge is -2.41. The lowest BCUT2D eigenvalue weighted by atomic mass is 9.84. The molecule has 0 amide bonds. The molecule has 2 aromatic rings. The van der Waals surface area contributed by atoms with Crippen molar-refractivity contribution in [2.75, 3.05) is 41.8 Å². The molecule has 0 N–H and O–H groups in total. The standard InChI is InChI=1S/C22H30N3O3P/c1-23(2)29(26,24(3)4)28-20-7-6-16-14-22-21-9-8-19(27-5)12-17(21)10-11-25(22)15-18(16)13-20/h6-9,12-13,22H,10-11,14-15H2,1-5H3. The highest BCUT2D eigenvalue weighted by atomic mass is 31.2. The normalized spacial score (nSPS) is 18.9. The van der Waals surface area contributed by atoms with E-state index in [-0.39, 0.29) is 0 Å². The van der Waals surface area contributed by atoms with Crippen LogP contribution in [0.15, 0.2) is 36.4 Å². The molecule has 0 saturated carbocycles. The molecule has 0 bridgehead atoms. The summed E-state index contributed by atoms with van der Waals surface area (Å²) in [4.78, 5) is 2.54. The van der Waals surface area contributed by atoms with Gasteiger partial charge in [0, 0.05) is 19.1 Å². The first-order chi connectivity index (χ1) is 13.8. The predicted molar refractivity (Wildman–Crippen MR) is 116 cm³/mol. The molecule has 0 spiro atoms. The molecule has 2 heterocycles. The first-order valence-electron chi connectivity index (χ1n) is 9.99. The van der Waals surface area contributed by atoms with Crippen molar-refractivity contribution >= 4 is 7.67 Å². The number of ether oxygens (including phenoxy) is 1. The van der Waals surface area contributed by atoms with Crippen molar-refractivity contribution in [3.8, 4) is 11.5 Å². The summed E-state index contributed by atoms with van der Waals surface area (Å²) in [5, 5.41) is 0. The first-order valence-corrected chi connectivity index (χ1v) is 11.5. The maximum absolute atomic E-state index is 13.2. The van der Waals surface area contributed by atoms with E-state index >= 15 is 0 Å². The van der Waals surface area contributed by atoms with Crippen LogP contribution < -0.4 is 9.26 Å². The second-order valence-electron chi connectivity index (χ2n) is 8.21. The second-order valence-corrected chi connectivity index (χ2v) is 11.0. The van der Waals surface area contributed by atoms with Gasteiger partial charge in [-0.15, -0.1) is 0 Å². The molecule has 2 aliphatic rings. The highest BCUT2D eigenvalue weighted by molar-refractivity contribution is 7.54. The fourth-order valence-electron chi connectivity index (χ4n) is 4.39. The van der Waals surface area contributed by atoms with Crippen molar-refractivity contribution in [3.63, 3.8) is 0 Å². The van der Waals surface area contributed by atoms with Gasteiger partial charge in [-0.1, -0.05) is 12.1 Å². The van der Waals surface area contributed by atoms with E-state index < -0.39 is 7.67 Å². The van der Waals surface area contributed by atoms with Crippen LogP contribution in [0.25, 0.3) is 0 Å². The monoisotopic (exact) mass is 415 g/mol. The summed E-state index contributed by atoms with van der Waals surface area (Å²) in [6.07, 6.45) is 2.01. The third-order valence-corrected chi connectivity index (χ3v) is 8.49. The Morgan fingerprint density at radius 1 is 0.966 bits per heavy atom. The zero-order valence-electron chi connectivity index (χ0n) is 17.9. The summed E-state index contributed by atoms with van der Waals surface area (Å²) in [5.41, 5.74) is 5.41. The molecule has 4 rings (SSSR count). The van der Waals surface area contributed by atoms with Crippen molar-refractivity contribution in [2.45, 2.75) is 25.4 Å². The maximum Gasteiger partial charge on any atom is 0.394 e. The number of hydrogen-bond donors (Lipinski definition) is 0. The largest absolute Gasteiger partial charge is 0.497 e. The molecule has 156 valence electrons. The average molecular weight is 415 g/mol. The molecule has 1 unspecified atom stereocenters. The van der Waals surface area contributed by atoms with Crippen molar-refractivity contribution in [3.05, 3.63) is 58.7 Å². The van der Waals surface area contributed by atoms with E-state index in [1.54, 1.807) is 44.6 Å². The van der Waals surface area contributed by atoms with E-state index in [0.29, 0.717) is 11.8 Å². The minimum atomic E-state index is -3.06. The Morgan fingerprint density at radius 2 is 1.66 bits per heavy atom. The second kappa shape index (κ2) is 7.77. The van der Waals surface area contributed by atoms with Crippen LogP contribution in [0.4, 0.5) is 0 Å². The number of nitrogens with zero attached hydrogens (tertiary/aromatic N) is 3. The maximum atomic E-state index is 13.2. The number of fused-ring (bicyclic) bond motifs is 4. The summed E-state index contributed by atoms with van der Waals surface area (Å²) in [6.45, 7) is 1.92. The summed E-state index contributed by atoms with van der Waals surface area (Å²) in [5.74, 6) is 1.59. The van der Waals surface area contributed by atoms with Gasteiger partial charge in [0.15, 0.2) is 0 Å². The Balaban J connectivity index is 1.60. The molecule has 0 aliphatic carbocycles. The van der Waals surface area contributed by atoms with Crippen LogP contribution in [-0.2, 0) is 24.0 Å². The van der Waals surface area contributed by atoms with Crippen LogP contribution in [0.1, 0.15) is 28.3 Å². The summed E-state index contributed by atoms with van der Waals surface area (Å²) < 4.78 is 27.9. The Labute approximate surface area is 173 Å². The fraction of sp³-hybridized carbons (Fsp3) is 0.455. The quantitative estimate of drug-likeness (QED) is 0.689. The van der Waals surface area contributed by atoms with Gasteiger partial charge in [-0.2, -0.15) is 0 Å². The van der Waals surface area contributed by atoms with Crippen LogP contribution >= 0.6 is 7.67 Å². The number of benzene rings is 2. The van der Waals surface area contributed by atoms with Gasteiger partial charge in [-0.3, -0.25) is 4.90 Å². The highest BCUT2D eigenvalue weighted by Crippen LogP contribution is 2.51. The van der Waals surface area contributed by atoms with E-state index in [0.717, 1.165) is 31.7 Å². The molecule has 0 fully saturated rings. The molecule has 0 saturated heterocycles. The van der Waals surface area contributed by atoms with Gasteiger partial charge in [-0.05, 0) is 87.6 Å². The SMILES string of the molecule is COc1ccc2c(c1)CCN1Cc3cc(OP(=O)(N(C)C)N(C)C)ccc3CC21. The van der Waals surface area contributed by atoms with Crippen LogP contribution in [0.3, 0.4) is 0 Å². The molecular formula is C22H30N3O3P. The van der Waals surface area contributed by atoms with E-state index in [9.17, 15) is 4.57 Å². The van der Waals surface area contributed by atoms with E-state index in [2.05, 4.69) is 35.2 Å². The lowest BCUT2D eigenvalue weighted by molar-refractivity contribution is 0.160. The van der Waals surface area contributed by atoms with Crippen LogP contribution in [0.5, 0.6) is 11.5 Å². The molecule has 7 heteroatoms. The smallest absolute Gasteiger partial charge is 0.394 e. The average Bonchev–Trinajstić information content (AvgIpc) is 2.71. The van der Waals surface area contributed by atoms with Gasteiger partial charge in [0.2, 0.25) is 0 Å². The van der Waals surface area contributed by atoms with Crippen molar-refractivity contribution < 1.29 is 13.8 Å². The van der Waals surface area contributed by atoms with Gasteiger partial charge >= 0.3 is 7.67 Å². The third-order valence-electron chi connectivity index (χ3n) is 6.02. The number of hydrogen-bond acceptors (Lipinski definition) is 4. The van der Waals surface area contributed by atoms with Gasteiger partial charge < -0.3 is 9.26 Å². The topological polar surface area (TPSA) is 45.3 Å². The van der Waals surface area contributed by atoms with E-state index in [4.69, 9.17) is 9.26 Å². The summed E-state index contributed by atoms with van der Waals surface area (Å²) in [7, 11) is 5.79. The Hall–Kier alpha value is -1.85. The molecule has 2 aliphatic heterocycles. The van der Waals surface area contributed by atoms with E-state index in [1.807, 2.05) is 6.07 Å². The fourth-order valence-corrected chi connectivity index (χ4v) is 5.82. The molecular weight excluding hydrogens is 385 g/mol. The number of methoxy groups -OCH3 is 1. The summed E-state index contributed by atoms with van der Waals surface area (Å²) >= 11 is 0. The highest BCUT2D eigenvalue weighted by Gasteiger charge is 2.34. The van der Waals surface area contributed by atoms with Crippen molar-refractivity contribution in [1.29, 1.82) is 0 Å². The Morgan fingerprint density at radius 3 is 2.34 bits per heavy atom.